The topological polar surface area (TPSA) is 77.9 Å². The highest BCUT2D eigenvalue weighted by molar-refractivity contribution is 6.00. The van der Waals surface area contributed by atoms with Crippen LogP contribution in [-0.2, 0) is 14.4 Å². The quantitative estimate of drug-likeness (QED) is 0.857. The van der Waals surface area contributed by atoms with Crippen LogP contribution < -0.4 is 4.90 Å². The SMILES string of the molecule is Cc1cc(N2CC(C(=O)N3CCCC(CCC(=O)O)C3)CC2=O)ccc1F. The highest BCUT2D eigenvalue weighted by Gasteiger charge is 2.38. The summed E-state index contributed by atoms with van der Waals surface area (Å²) in [5.74, 6) is -1.50. The maximum atomic E-state index is 13.5. The van der Waals surface area contributed by atoms with E-state index in [2.05, 4.69) is 0 Å². The van der Waals surface area contributed by atoms with Crippen molar-refractivity contribution in [3.8, 4) is 0 Å². The minimum atomic E-state index is -0.815. The third-order valence-corrected chi connectivity index (χ3v) is 5.52. The zero-order chi connectivity index (χ0) is 19.6. The van der Waals surface area contributed by atoms with E-state index in [1.54, 1.807) is 28.9 Å². The van der Waals surface area contributed by atoms with Crippen LogP contribution in [0.1, 0.15) is 37.7 Å². The standard InChI is InChI=1S/C20H25FN2O4/c1-13-9-16(5-6-17(13)21)23-12-15(10-18(23)24)20(27)22-8-2-3-14(11-22)4-7-19(25)26/h5-6,9,14-15H,2-4,7-8,10-12H2,1H3,(H,25,26). The molecule has 146 valence electrons. The number of likely N-dealkylation sites (tertiary alicyclic amines) is 1. The van der Waals surface area contributed by atoms with Crippen molar-refractivity contribution < 1.29 is 23.9 Å². The van der Waals surface area contributed by atoms with Crippen LogP contribution in [0.3, 0.4) is 0 Å². The van der Waals surface area contributed by atoms with Crippen molar-refractivity contribution in [3.63, 3.8) is 0 Å². The number of hydrogen-bond acceptors (Lipinski definition) is 3. The van der Waals surface area contributed by atoms with Gasteiger partial charge in [0.2, 0.25) is 11.8 Å². The summed E-state index contributed by atoms with van der Waals surface area (Å²) in [6.45, 7) is 3.17. The van der Waals surface area contributed by atoms with Crippen LogP contribution in [0.5, 0.6) is 0 Å². The molecule has 7 heteroatoms. The average molecular weight is 376 g/mol. The summed E-state index contributed by atoms with van der Waals surface area (Å²) in [6, 6.07) is 4.53. The lowest BCUT2D eigenvalue weighted by atomic mass is 9.92. The van der Waals surface area contributed by atoms with Crippen LogP contribution in [0.2, 0.25) is 0 Å². The molecule has 3 rings (SSSR count). The zero-order valence-corrected chi connectivity index (χ0v) is 15.5. The molecule has 2 fully saturated rings. The third kappa shape index (κ3) is 4.46. The lowest BCUT2D eigenvalue weighted by Gasteiger charge is -2.34. The molecule has 1 N–H and O–H groups in total. The molecule has 0 bridgehead atoms. The second-order valence-corrected chi connectivity index (χ2v) is 7.56. The maximum Gasteiger partial charge on any atom is 0.303 e. The molecule has 0 spiro atoms. The molecule has 0 saturated carbocycles. The van der Waals surface area contributed by atoms with Gasteiger partial charge in [0.15, 0.2) is 0 Å². The van der Waals surface area contributed by atoms with Gasteiger partial charge in [0.05, 0.1) is 5.92 Å². The molecule has 2 aliphatic heterocycles. The Bertz CT molecular complexity index is 751. The number of hydrogen-bond donors (Lipinski definition) is 1. The monoisotopic (exact) mass is 376 g/mol. The largest absolute Gasteiger partial charge is 0.481 e. The summed E-state index contributed by atoms with van der Waals surface area (Å²) in [6.07, 6.45) is 2.64. The first kappa shape index (κ1) is 19.3. The number of nitrogens with zero attached hydrogens (tertiary/aromatic N) is 2. The minimum absolute atomic E-state index is 0.0373. The van der Waals surface area contributed by atoms with Crippen molar-refractivity contribution in [2.45, 2.75) is 39.0 Å². The normalized spacial score (nSPS) is 23.0. The fourth-order valence-corrected chi connectivity index (χ4v) is 4.01. The number of amides is 2. The Morgan fingerprint density at radius 1 is 1.30 bits per heavy atom. The van der Waals surface area contributed by atoms with Crippen molar-refractivity contribution in [2.24, 2.45) is 11.8 Å². The van der Waals surface area contributed by atoms with Crippen LogP contribution in [0.25, 0.3) is 0 Å². The lowest BCUT2D eigenvalue weighted by Crippen LogP contribution is -2.43. The molecule has 2 atom stereocenters. The fraction of sp³-hybridized carbons (Fsp3) is 0.550. The van der Waals surface area contributed by atoms with E-state index in [-0.39, 0.29) is 36.4 Å². The van der Waals surface area contributed by atoms with Gasteiger partial charge in [-0.05, 0) is 55.9 Å². The number of carbonyl (C=O) groups excluding carboxylic acids is 2. The Morgan fingerprint density at radius 3 is 2.78 bits per heavy atom. The predicted octanol–water partition coefficient (Wildman–Crippen LogP) is 2.59. The molecule has 2 unspecified atom stereocenters. The second kappa shape index (κ2) is 8.06. The van der Waals surface area contributed by atoms with Crippen molar-refractivity contribution in [2.75, 3.05) is 24.5 Å². The van der Waals surface area contributed by atoms with E-state index in [9.17, 15) is 18.8 Å². The smallest absolute Gasteiger partial charge is 0.303 e. The molecule has 6 nitrogen and oxygen atoms in total. The summed E-state index contributed by atoms with van der Waals surface area (Å²) < 4.78 is 13.5. The fourth-order valence-electron chi connectivity index (χ4n) is 4.01. The molecule has 0 radical (unpaired) electrons. The van der Waals surface area contributed by atoms with Crippen molar-refractivity contribution in [1.29, 1.82) is 0 Å². The van der Waals surface area contributed by atoms with Gasteiger partial charge < -0.3 is 14.9 Å². The van der Waals surface area contributed by atoms with Crippen LogP contribution in [0.15, 0.2) is 18.2 Å². The van der Waals surface area contributed by atoms with Crippen LogP contribution in [0, 0.1) is 24.6 Å². The third-order valence-electron chi connectivity index (χ3n) is 5.52. The van der Waals surface area contributed by atoms with Gasteiger partial charge in [-0.25, -0.2) is 4.39 Å². The average Bonchev–Trinajstić information content (AvgIpc) is 3.03. The summed E-state index contributed by atoms with van der Waals surface area (Å²) >= 11 is 0. The summed E-state index contributed by atoms with van der Waals surface area (Å²) in [5, 5.41) is 8.85. The Hall–Kier alpha value is -2.44. The number of piperidine rings is 1. The van der Waals surface area contributed by atoms with Crippen LogP contribution in [0.4, 0.5) is 10.1 Å². The minimum Gasteiger partial charge on any atom is -0.481 e. The summed E-state index contributed by atoms with van der Waals surface area (Å²) in [7, 11) is 0. The second-order valence-electron chi connectivity index (χ2n) is 7.56. The Kier molecular flexibility index (Phi) is 5.77. The molecule has 2 heterocycles. The molecular weight excluding hydrogens is 351 g/mol. The molecule has 0 aliphatic carbocycles. The van der Waals surface area contributed by atoms with E-state index in [1.807, 2.05) is 0 Å². The zero-order valence-electron chi connectivity index (χ0n) is 15.5. The molecule has 1 aromatic rings. The Balaban J connectivity index is 1.63. The number of anilines is 1. The summed E-state index contributed by atoms with van der Waals surface area (Å²) in [5.41, 5.74) is 1.08. The molecule has 0 aromatic heterocycles. The Morgan fingerprint density at radius 2 is 2.07 bits per heavy atom. The predicted molar refractivity (Wildman–Crippen MR) is 97.8 cm³/mol. The Labute approximate surface area is 157 Å². The van der Waals surface area contributed by atoms with E-state index in [0.29, 0.717) is 37.3 Å². The number of aliphatic carboxylic acids is 1. The van der Waals surface area contributed by atoms with E-state index in [1.165, 1.54) is 6.07 Å². The van der Waals surface area contributed by atoms with Gasteiger partial charge in [-0.1, -0.05) is 0 Å². The van der Waals surface area contributed by atoms with E-state index in [4.69, 9.17) is 5.11 Å². The van der Waals surface area contributed by atoms with Crippen LogP contribution in [-0.4, -0.2) is 47.4 Å². The number of aryl methyl sites for hydroxylation is 1. The first-order chi connectivity index (χ1) is 12.8. The number of carboxylic acids is 1. The highest BCUT2D eigenvalue weighted by atomic mass is 19.1. The molecule has 2 saturated heterocycles. The molecule has 1 aromatic carbocycles. The van der Waals surface area contributed by atoms with Crippen molar-refractivity contribution in [3.05, 3.63) is 29.6 Å². The number of benzene rings is 1. The lowest BCUT2D eigenvalue weighted by molar-refractivity contribution is -0.138. The maximum absolute atomic E-state index is 13.5. The van der Waals surface area contributed by atoms with Gasteiger partial charge in [0.25, 0.3) is 0 Å². The molecule has 27 heavy (non-hydrogen) atoms. The van der Waals surface area contributed by atoms with Gasteiger partial charge in [-0.2, -0.15) is 0 Å². The number of carbonyl (C=O) groups is 3. The first-order valence-electron chi connectivity index (χ1n) is 9.42. The molecule has 2 aliphatic rings. The van der Waals surface area contributed by atoms with Gasteiger partial charge in [-0.15, -0.1) is 0 Å². The molecular formula is C20H25FN2O4. The first-order valence-corrected chi connectivity index (χ1v) is 9.42. The number of carboxylic acid groups (broad SMARTS) is 1. The van der Waals surface area contributed by atoms with E-state index < -0.39 is 11.9 Å². The molecule has 2 amide bonds. The van der Waals surface area contributed by atoms with Crippen molar-refractivity contribution in [1.82, 2.24) is 4.90 Å². The van der Waals surface area contributed by atoms with Gasteiger partial charge in [0, 0.05) is 38.2 Å². The van der Waals surface area contributed by atoms with Gasteiger partial charge in [-0.3, -0.25) is 14.4 Å². The number of rotatable bonds is 5. The van der Waals surface area contributed by atoms with E-state index in [0.717, 1.165) is 12.8 Å². The highest BCUT2D eigenvalue weighted by Crippen LogP contribution is 2.29. The number of halogens is 1. The van der Waals surface area contributed by atoms with E-state index >= 15 is 0 Å². The van der Waals surface area contributed by atoms with Gasteiger partial charge >= 0.3 is 5.97 Å². The van der Waals surface area contributed by atoms with Gasteiger partial charge in [0.1, 0.15) is 5.82 Å². The summed E-state index contributed by atoms with van der Waals surface area (Å²) in [4.78, 5) is 39.4. The van der Waals surface area contributed by atoms with Crippen molar-refractivity contribution >= 4 is 23.5 Å². The van der Waals surface area contributed by atoms with Crippen LogP contribution >= 0.6 is 0 Å².